The molecule has 126 valence electrons. The Morgan fingerprint density at radius 3 is 2.44 bits per heavy atom. The van der Waals surface area contributed by atoms with E-state index in [1.54, 1.807) is 24.4 Å². The Labute approximate surface area is 150 Å². The molecule has 3 rings (SSSR count). The van der Waals surface area contributed by atoms with E-state index in [0.29, 0.717) is 22.5 Å². The van der Waals surface area contributed by atoms with E-state index < -0.39 is 0 Å². The van der Waals surface area contributed by atoms with Crippen molar-refractivity contribution in [2.45, 2.75) is 6.92 Å². The van der Waals surface area contributed by atoms with Crippen molar-refractivity contribution < 1.29 is 4.79 Å². The van der Waals surface area contributed by atoms with Crippen LogP contribution in [-0.4, -0.2) is 15.9 Å². The van der Waals surface area contributed by atoms with Gasteiger partial charge in [0, 0.05) is 35.2 Å². The molecular formula is C18H16ClN5O. The number of anilines is 5. The monoisotopic (exact) mass is 353 g/mol. The van der Waals surface area contributed by atoms with Crippen molar-refractivity contribution in [1.29, 1.82) is 0 Å². The average Bonchev–Trinajstić information content (AvgIpc) is 2.55. The highest BCUT2D eigenvalue weighted by Gasteiger charge is 2.03. The summed E-state index contributed by atoms with van der Waals surface area (Å²) in [5.41, 5.74) is 2.32. The second kappa shape index (κ2) is 7.63. The van der Waals surface area contributed by atoms with Gasteiger partial charge in [0.15, 0.2) is 0 Å². The van der Waals surface area contributed by atoms with E-state index in [-0.39, 0.29) is 5.91 Å². The largest absolute Gasteiger partial charge is 0.340 e. The van der Waals surface area contributed by atoms with Gasteiger partial charge in [-0.2, -0.15) is 4.98 Å². The highest BCUT2D eigenvalue weighted by molar-refractivity contribution is 6.30. The number of hydrogen-bond donors (Lipinski definition) is 3. The maximum atomic E-state index is 11.2. The molecule has 0 atom stereocenters. The van der Waals surface area contributed by atoms with Crippen LogP contribution in [0.5, 0.6) is 0 Å². The fraction of sp³-hybridized carbons (Fsp3) is 0.0556. The fourth-order valence-electron chi connectivity index (χ4n) is 2.21. The first kappa shape index (κ1) is 16.7. The highest BCUT2D eigenvalue weighted by Crippen LogP contribution is 2.21. The molecule has 0 saturated carbocycles. The lowest BCUT2D eigenvalue weighted by atomic mass is 10.2. The van der Waals surface area contributed by atoms with E-state index in [0.717, 1.165) is 11.4 Å². The van der Waals surface area contributed by atoms with Crippen molar-refractivity contribution in [3.05, 3.63) is 65.8 Å². The molecule has 6 nitrogen and oxygen atoms in total. The molecule has 1 aromatic heterocycles. The molecule has 0 spiro atoms. The van der Waals surface area contributed by atoms with Crippen LogP contribution in [0.1, 0.15) is 6.92 Å². The van der Waals surface area contributed by atoms with Gasteiger partial charge in [0.05, 0.1) is 0 Å². The number of benzene rings is 2. The first-order valence-corrected chi connectivity index (χ1v) is 7.96. The van der Waals surface area contributed by atoms with Crippen LogP contribution in [0.2, 0.25) is 5.02 Å². The number of hydrogen-bond acceptors (Lipinski definition) is 5. The molecule has 3 N–H and O–H groups in total. The predicted octanol–water partition coefficient (Wildman–Crippen LogP) is 4.58. The minimum absolute atomic E-state index is 0.118. The second-order valence-corrected chi connectivity index (χ2v) is 5.72. The second-order valence-electron chi connectivity index (χ2n) is 5.29. The molecule has 7 heteroatoms. The number of aromatic nitrogens is 2. The summed E-state index contributed by atoms with van der Waals surface area (Å²) in [5.74, 6) is 0.956. The lowest BCUT2D eigenvalue weighted by Gasteiger charge is -2.10. The molecule has 0 unspecified atom stereocenters. The molecule has 0 aliphatic rings. The Hall–Kier alpha value is -3.12. The number of nitrogens with zero attached hydrogens (tertiary/aromatic N) is 2. The van der Waals surface area contributed by atoms with Gasteiger partial charge in [0.25, 0.3) is 0 Å². The third kappa shape index (κ3) is 4.92. The number of carbonyl (C=O) groups is 1. The van der Waals surface area contributed by atoms with E-state index in [1.165, 1.54) is 6.92 Å². The van der Waals surface area contributed by atoms with Crippen LogP contribution in [0.15, 0.2) is 60.8 Å². The zero-order chi connectivity index (χ0) is 17.6. The van der Waals surface area contributed by atoms with Crippen LogP contribution in [0.4, 0.5) is 28.8 Å². The van der Waals surface area contributed by atoms with Gasteiger partial charge in [-0.1, -0.05) is 23.7 Å². The first-order valence-electron chi connectivity index (χ1n) is 7.59. The topological polar surface area (TPSA) is 78.9 Å². The van der Waals surface area contributed by atoms with E-state index in [2.05, 4.69) is 25.9 Å². The van der Waals surface area contributed by atoms with Gasteiger partial charge in [0.1, 0.15) is 5.82 Å². The molecule has 1 amide bonds. The quantitative estimate of drug-likeness (QED) is 0.626. The molecule has 25 heavy (non-hydrogen) atoms. The van der Waals surface area contributed by atoms with Gasteiger partial charge >= 0.3 is 0 Å². The summed E-state index contributed by atoms with van der Waals surface area (Å²) < 4.78 is 0. The molecule has 0 saturated heterocycles. The predicted molar refractivity (Wildman–Crippen MR) is 101 cm³/mol. The zero-order valence-electron chi connectivity index (χ0n) is 13.5. The molecule has 3 aromatic rings. The van der Waals surface area contributed by atoms with Crippen LogP contribution in [0, 0.1) is 0 Å². The van der Waals surface area contributed by atoms with Gasteiger partial charge in [-0.25, -0.2) is 4.98 Å². The zero-order valence-corrected chi connectivity index (χ0v) is 14.2. The van der Waals surface area contributed by atoms with E-state index in [4.69, 9.17) is 11.6 Å². The lowest BCUT2D eigenvalue weighted by molar-refractivity contribution is -0.114. The number of nitrogens with one attached hydrogen (secondary N) is 3. The van der Waals surface area contributed by atoms with Crippen molar-refractivity contribution in [1.82, 2.24) is 9.97 Å². The molecule has 0 aliphatic heterocycles. The minimum Gasteiger partial charge on any atom is -0.340 e. The van der Waals surface area contributed by atoms with Gasteiger partial charge in [-0.3, -0.25) is 4.79 Å². The smallest absolute Gasteiger partial charge is 0.229 e. The van der Waals surface area contributed by atoms with E-state index >= 15 is 0 Å². The Morgan fingerprint density at radius 1 is 0.960 bits per heavy atom. The number of rotatable bonds is 5. The van der Waals surface area contributed by atoms with Gasteiger partial charge in [0.2, 0.25) is 11.9 Å². The van der Waals surface area contributed by atoms with Gasteiger partial charge < -0.3 is 16.0 Å². The maximum absolute atomic E-state index is 11.2. The SMILES string of the molecule is CC(=O)Nc1cccc(Nc2ccnc(Nc3cccc(Cl)c3)n2)c1. The van der Waals surface area contributed by atoms with Crippen LogP contribution < -0.4 is 16.0 Å². The van der Waals surface area contributed by atoms with Crippen molar-refractivity contribution in [3.8, 4) is 0 Å². The minimum atomic E-state index is -0.118. The summed E-state index contributed by atoms with van der Waals surface area (Å²) >= 11 is 5.98. The molecule has 2 aromatic carbocycles. The number of halogens is 1. The molecule has 0 aliphatic carbocycles. The Bertz CT molecular complexity index is 900. The molecule has 0 bridgehead atoms. The summed E-state index contributed by atoms with van der Waals surface area (Å²) in [6.07, 6.45) is 1.65. The fourth-order valence-corrected chi connectivity index (χ4v) is 2.40. The normalized spacial score (nSPS) is 10.2. The van der Waals surface area contributed by atoms with E-state index in [1.807, 2.05) is 36.4 Å². The molecule has 1 heterocycles. The molecular weight excluding hydrogens is 338 g/mol. The third-order valence-electron chi connectivity index (χ3n) is 3.19. The van der Waals surface area contributed by atoms with Crippen LogP contribution in [-0.2, 0) is 4.79 Å². The Kier molecular flexibility index (Phi) is 5.11. The summed E-state index contributed by atoms with van der Waals surface area (Å²) in [5, 5.41) is 9.67. The molecule has 0 fully saturated rings. The summed E-state index contributed by atoms with van der Waals surface area (Å²) in [6, 6.07) is 16.5. The summed E-state index contributed by atoms with van der Waals surface area (Å²) in [4.78, 5) is 19.8. The first-order chi connectivity index (χ1) is 12.1. The lowest BCUT2D eigenvalue weighted by Crippen LogP contribution is -2.06. The molecule has 0 radical (unpaired) electrons. The van der Waals surface area contributed by atoms with Crippen LogP contribution in [0.25, 0.3) is 0 Å². The van der Waals surface area contributed by atoms with Crippen LogP contribution >= 0.6 is 11.6 Å². The highest BCUT2D eigenvalue weighted by atomic mass is 35.5. The number of amides is 1. The summed E-state index contributed by atoms with van der Waals surface area (Å²) in [6.45, 7) is 1.47. The van der Waals surface area contributed by atoms with Crippen molar-refractivity contribution >= 4 is 46.3 Å². The average molecular weight is 354 g/mol. The van der Waals surface area contributed by atoms with Crippen LogP contribution in [0.3, 0.4) is 0 Å². The van der Waals surface area contributed by atoms with Gasteiger partial charge in [-0.15, -0.1) is 0 Å². The maximum Gasteiger partial charge on any atom is 0.229 e. The standard InChI is InChI=1S/C18H16ClN5O/c1-12(25)21-15-6-3-7-16(11-15)22-17-8-9-20-18(24-17)23-14-5-2-4-13(19)10-14/h2-11H,1H3,(H,21,25)(H2,20,22,23,24). The Morgan fingerprint density at radius 2 is 1.68 bits per heavy atom. The van der Waals surface area contributed by atoms with Gasteiger partial charge in [-0.05, 0) is 42.5 Å². The van der Waals surface area contributed by atoms with Crippen molar-refractivity contribution in [2.24, 2.45) is 0 Å². The number of carbonyl (C=O) groups excluding carboxylic acids is 1. The van der Waals surface area contributed by atoms with E-state index in [9.17, 15) is 4.79 Å². The van der Waals surface area contributed by atoms with Crippen molar-refractivity contribution in [3.63, 3.8) is 0 Å². The van der Waals surface area contributed by atoms with Crippen molar-refractivity contribution in [2.75, 3.05) is 16.0 Å². The summed E-state index contributed by atoms with van der Waals surface area (Å²) in [7, 11) is 0. The third-order valence-corrected chi connectivity index (χ3v) is 3.43. The Balaban J connectivity index is 1.74.